The van der Waals surface area contributed by atoms with Gasteiger partial charge in [0.1, 0.15) is 0 Å². The lowest BCUT2D eigenvalue weighted by Crippen LogP contribution is -2.36. The molecule has 0 fully saturated rings. The second-order valence-corrected chi connectivity index (χ2v) is 6.25. The first-order chi connectivity index (χ1) is 9.33. The minimum atomic E-state index is -5.22. The summed E-state index contributed by atoms with van der Waals surface area (Å²) < 4.78 is 58.9. The van der Waals surface area contributed by atoms with Crippen LogP contribution in [0, 0.1) is 0 Å². The molecule has 0 spiro atoms. The van der Waals surface area contributed by atoms with E-state index in [4.69, 9.17) is 0 Å². The third kappa shape index (κ3) is 5.92. The van der Waals surface area contributed by atoms with Crippen molar-refractivity contribution < 1.29 is 21.6 Å². The van der Waals surface area contributed by atoms with Crippen molar-refractivity contribution in [1.82, 2.24) is 4.72 Å². The van der Waals surface area contributed by atoms with E-state index in [2.05, 4.69) is 0 Å². The molecule has 0 unspecified atom stereocenters. The van der Waals surface area contributed by atoms with Gasteiger partial charge < -0.3 is 0 Å². The van der Waals surface area contributed by atoms with Crippen molar-refractivity contribution in [3.63, 3.8) is 0 Å². The van der Waals surface area contributed by atoms with Gasteiger partial charge in [-0.1, -0.05) is 43.2 Å². The topological polar surface area (TPSA) is 46.2 Å². The molecule has 0 amide bonds. The zero-order valence-corrected chi connectivity index (χ0v) is 11.8. The largest absolute Gasteiger partial charge is 0.511 e. The number of nitrogens with one attached hydrogen (secondary N) is 1. The van der Waals surface area contributed by atoms with Gasteiger partial charge >= 0.3 is 15.5 Å². The van der Waals surface area contributed by atoms with Crippen molar-refractivity contribution in [3.05, 3.63) is 35.9 Å². The molecule has 0 aliphatic carbocycles. The zero-order chi connectivity index (χ0) is 15.1. The minimum absolute atomic E-state index is 0.173. The molecule has 1 N–H and O–H groups in total. The van der Waals surface area contributed by atoms with Gasteiger partial charge in [-0.05, 0) is 24.8 Å². The number of hydrogen-bond donors (Lipinski definition) is 1. The summed E-state index contributed by atoms with van der Waals surface area (Å²) in [5.41, 5.74) is -3.99. The van der Waals surface area contributed by atoms with E-state index in [-0.39, 0.29) is 6.54 Å². The lowest BCUT2D eigenvalue weighted by atomic mass is 10.1. The number of aryl methyl sites for hydroxylation is 1. The summed E-state index contributed by atoms with van der Waals surface area (Å²) in [5.74, 6) is 0. The predicted octanol–water partition coefficient (Wildman–Crippen LogP) is 3.23. The number of sulfonamides is 1. The van der Waals surface area contributed by atoms with Gasteiger partial charge in [-0.3, -0.25) is 0 Å². The Labute approximate surface area is 117 Å². The maximum Gasteiger partial charge on any atom is 0.511 e. The molecule has 0 aromatic heterocycles. The number of unbranched alkanes of at least 4 members (excludes halogenated alkanes) is 3. The van der Waals surface area contributed by atoms with Crippen LogP contribution in [0.25, 0.3) is 0 Å². The molecule has 1 aromatic carbocycles. The molecule has 0 saturated heterocycles. The molecular weight excluding hydrogens is 291 g/mol. The average molecular weight is 309 g/mol. The van der Waals surface area contributed by atoms with Crippen molar-refractivity contribution in [2.45, 2.75) is 37.6 Å². The molecule has 7 heteroatoms. The molecule has 0 aliphatic rings. The van der Waals surface area contributed by atoms with Crippen LogP contribution in [0.3, 0.4) is 0 Å². The number of rotatable bonds is 8. The Morgan fingerprint density at radius 3 is 2.15 bits per heavy atom. The molecule has 0 heterocycles. The van der Waals surface area contributed by atoms with Crippen molar-refractivity contribution in [2.75, 3.05) is 6.54 Å². The van der Waals surface area contributed by atoms with Crippen LogP contribution in [0.4, 0.5) is 13.2 Å². The monoisotopic (exact) mass is 309 g/mol. The molecule has 0 saturated carbocycles. The van der Waals surface area contributed by atoms with Gasteiger partial charge in [0, 0.05) is 6.54 Å². The van der Waals surface area contributed by atoms with Crippen molar-refractivity contribution in [1.29, 1.82) is 0 Å². The maximum atomic E-state index is 12.0. The molecule has 3 nitrogen and oxygen atoms in total. The lowest BCUT2D eigenvalue weighted by molar-refractivity contribution is -0.0447. The molecule has 0 aliphatic heterocycles. The molecule has 1 rings (SSSR count). The first kappa shape index (κ1) is 17.0. The summed E-state index contributed by atoms with van der Waals surface area (Å²) in [5, 5.41) is 0. The van der Waals surface area contributed by atoms with Gasteiger partial charge in [-0.25, -0.2) is 13.1 Å². The smallest absolute Gasteiger partial charge is 0.207 e. The Kier molecular flexibility index (Phi) is 6.48. The Morgan fingerprint density at radius 1 is 0.950 bits per heavy atom. The number of alkyl halides is 3. The summed E-state index contributed by atoms with van der Waals surface area (Å²) in [6.45, 7) is -0.173. The lowest BCUT2D eigenvalue weighted by Gasteiger charge is -2.09. The van der Waals surface area contributed by atoms with Gasteiger partial charge in [0.15, 0.2) is 0 Å². The van der Waals surface area contributed by atoms with Gasteiger partial charge in [-0.15, -0.1) is 0 Å². The molecule has 114 valence electrons. The second-order valence-electron chi connectivity index (χ2n) is 4.49. The van der Waals surface area contributed by atoms with Crippen LogP contribution < -0.4 is 4.72 Å². The Morgan fingerprint density at radius 2 is 1.55 bits per heavy atom. The normalized spacial score (nSPS) is 12.6. The van der Waals surface area contributed by atoms with E-state index in [0.29, 0.717) is 12.8 Å². The van der Waals surface area contributed by atoms with Crippen molar-refractivity contribution >= 4 is 10.0 Å². The van der Waals surface area contributed by atoms with E-state index in [0.717, 1.165) is 19.3 Å². The van der Waals surface area contributed by atoms with Crippen LogP contribution >= 0.6 is 0 Å². The van der Waals surface area contributed by atoms with Crippen LogP contribution in [0.1, 0.15) is 31.2 Å². The van der Waals surface area contributed by atoms with Gasteiger partial charge in [0.2, 0.25) is 0 Å². The Balaban J connectivity index is 2.09. The summed E-state index contributed by atoms with van der Waals surface area (Å²) in [6, 6.07) is 9.91. The first-order valence-corrected chi connectivity index (χ1v) is 7.91. The average Bonchev–Trinajstić information content (AvgIpc) is 2.37. The predicted molar refractivity (Wildman–Crippen MR) is 71.6 cm³/mol. The van der Waals surface area contributed by atoms with E-state index in [9.17, 15) is 21.6 Å². The van der Waals surface area contributed by atoms with Gasteiger partial charge in [0.05, 0.1) is 0 Å². The summed E-state index contributed by atoms with van der Waals surface area (Å²) in [6.07, 6.45) is 3.84. The maximum absolute atomic E-state index is 12.0. The Bertz CT molecular complexity index is 486. The minimum Gasteiger partial charge on any atom is -0.207 e. The quantitative estimate of drug-likeness (QED) is 0.749. The van der Waals surface area contributed by atoms with E-state index in [1.165, 1.54) is 5.56 Å². The summed E-state index contributed by atoms with van der Waals surface area (Å²) in [7, 11) is -5.18. The summed E-state index contributed by atoms with van der Waals surface area (Å²) in [4.78, 5) is 0. The highest BCUT2D eigenvalue weighted by atomic mass is 32.2. The highest BCUT2D eigenvalue weighted by Gasteiger charge is 2.45. The first-order valence-electron chi connectivity index (χ1n) is 6.43. The van der Waals surface area contributed by atoms with Crippen LogP contribution in [0.2, 0.25) is 0 Å². The third-order valence-electron chi connectivity index (χ3n) is 2.83. The van der Waals surface area contributed by atoms with Gasteiger partial charge in [-0.2, -0.15) is 13.2 Å². The fourth-order valence-electron chi connectivity index (χ4n) is 1.74. The fourth-order valence-corrected chi connectivity index (χ4v) is 2.32. The van der Waals surface area contributed by atoms with Crippen LogP contribution in [0.5, 0.6) is 0 Å². The second kappa shape index (κ2) is 7.64. The third-order valence-corrected chi connectivity index (χ3v) is 4.03. The van der Waals surface area contributed by atoms with E-state index in [1.807, 2.05) is 30.3 Å². The van der Waals surface area contributed by atoms with Crippen molar-refractivity contribution in [3.8, 4) is 0 Å². The molecule has 0 radical (unpaired) electrons. The van der Waals surface area contributed by atoms with E-state index in [1.54, 1.807) is 4.72 Å². The number of benzene rings is 1. The number of hydrogen-bond acceptors (Lipinski definition) is 2. The molecule has 20 heavy (non-hydrogen) atoms. The highest BCUT2D eigenvalue weighted by Crippen LogP contribution is 2.21. The van der Waals surface area contributed by atoms with Gasteiger partial charge in [0.25, 0.3) is 0 Å². The number of halogens is 3. The summed E-state index contributed by atoms with van der Waals surface area (Å²) >= 11 is 0. The zero-order valence-electron chi connectivity index (χ0n) is 11.0. The Hall–Kier alpha value is -1.08. The van der Waals surface area contributed by atoms with Crippen molar-refractivity contribution in [2.24, 2.45) is 0 Å². The SMILES string of the molecule is O=S(=O)(NCCCCCCc1ccccc1)C(F)(F)F. The fraction of sp³-hybridized carbons (Fsp3) is 0.538. The molecular formula is C13H18F3NO2S. The van der Waals surface area contributed by atoms with Crippen LogP contribution in [-0.2, 0) is 16.4 Å². The molecule has 0 atom stereocenters. The van der Waals surface area contributed by atoms with E-state index >= 15 is 0 Å². The van der Waals surface area contributed by atoms with Crippen LogP contribution in [0.15, 0.2) is 30.3 Å². The highest BCUT2D eigenvalue weighted by molar-refractivity contribution is 7.90. The molecule has 1 aromatic rings. The molecule has 0 bridgehead atoms. The standard InChI is InChI=1S/C13H18F3NO2S/c14-13(15,16)20(18,19)17-11-7-2-1-4-8-12-9-5-3-6-10-12/h3,5-6,9-10,17H,1-2,4,7-8,11H2. The van der Waals surface area contributed by atoms with E-state index < -0.39 is 15.5 Å². The van der Waals surface area contributed by atoms with Crippen LogP contribution in [-0.4, -0.2) is 20.5 Å².